The molecule has 0 spiro atoms. The Morgan fingerprint density at radius 3 is 2.25 bits per heavy atom. The van der Waals surface area contributed by atoms with E-state index in [4.69, 9.17) is 0 Å². The quantitative estimate of drug-likeness (QED) is 0.654. The lowest BCUT2D eigenvalue weighted by molar-refractivity contribution is 0.696. The van der Waals surface area contributed by atoms with Crippen molar-refractivity contribution in [3.8, 4) is 0 Å². The Morgan fingerprint density at radius 2 is 1.50 bits per heavy atom. The number of aromatic nitrogens is 1. The molecule has 2 aromatic carbocycles. The molecule has 0 amide bonds. The first-order valence-corrected chi connectivity index (χ1v) is 8.27. The van der Waals surface area contributed by atoms with Crippen molar-refractivity contribution < 1.29 is 0 Å². The average molecular weight is 315 g/mol. The van der Waals surface area contributed by atoms with Crippen LogP contribution in [0.25, 0.3) is 6.08 Å². The van der Waals surface area contributed by atoms with E-state index in [-0.39, 0.29) is 5.56 Å². The van der Waals surface area contributed by atoms with Crippen molar-refractivity contribution in [1.82, 2.24) is 4.57 Å². The van der Waals surface area contributed by atoms with E-state index in [0.29, 0.717) is 6.54 Å². The number of aryl methyl sites for hydroxylation is 1. The summed E-state index contributed by atoms with van der Waals surface area (Å²) in [4.78, 5) is 12.2. The maximum atomic E-state index is 12.2. The van der Waals surface area contributed by atoms with Gasteiger partial charge in [0.15, 0.2) is 0 Å². The summed E-state index contributed by atoms with van der Waals surface area (Å²) in [5.74, 6) is 0. The molecule has 2 nitrogen and oxygen atoms in total. The van der Waals surface area contributed by atoms with Crippen molar-refractivity contribution in [2.24, 2.45) is 0 Å². The molecule has 0 saturated carbocycles. The van der Waals surface area contributed by atoms with Crippen molar-refractivity contribution in [3.05, 3.63) is 112 Å². The fourth-order valence-corrected chi connectivity index (χ4v) is 2.74. The van der Waals surface area contributed by atoms with E-state index >= 15 is 0 Å². The van der Waals surface area contributed by atoms with Crippen LogP contribution in [0.5, 0.6) is 0 Å². The van der Waals surface area contributed by atoms with Crippen LogP contribution in [0, 0.1) is 0 Å². The maximum Gasteiger partial charge on any atom is 0.251 e. The second kappa shape index (κ2) is 8.11. The van der Waals surface area contributed by atoms with Gasteiger partial charge in [0.05, 0.1) is 6.54 Å². The van der Waals surface area contributed by atoms with Gasteiger partial charge in [-0.15, -0.1) is 0 Å². The molecule has 1 aromatic heterocycles. The molecule has 0 aliphatic heterocycles. The minimum absolute atomic E-state index is 0.0587. The molecule has 0 aliphatic rings. The van der Waals surface area contributed by atoms with Crippen LogP contribution in [0.4, 0.5) is 0 Å². The van der Waals surface area contributed by atoms with Gasteiger partial charge < -0.3 is 4.57 Å². The molecular formula is C22H21NO. The summed E-state index contributed by atoms with van der Waals surface area (Å²) in [7, 11) is 0. The predicted molar refractivity (Wildman–Crippen MR) is 100 cm³/mol. The normalized spacial score (nSPS) is 11.0. The summed E-state index contributed by atoms with van der Waals surface area (Å²) in [6.45, 7) is 0.623. The van der Waals surface area contributed by atoms with Gasteiger partial charge in [-0.2, -0.15) is 0 Å². The first kappa shape index (κ1) is 16.0. The van der Waals surface area contributed by atoms with Gasteiger partial charge in [0, 0.05) is 11.8 Å². The molecule has 0 atom stereocenters. The number of rotatable bonds is 6. The summed E-state index contributed by atoms with van der Waals surface area (Å²) in [6, 6.07) is 25.9. The minimum atomic E-state index is 0.0587. The molecule has 2 heteroatoms. The molecule has 3 rings (SSSR count). The Labute approximate surface area is 142 Å². The van der Waals surface area contributed by atoms with Gasteiger partial charge in [0.25, 0.3) is 5.56 Å². The second-order valence-corrected chi connectivity index (χ2v) is 5.78. The molecule has 0 N–H and O–H groups in total. The van der Waals surface area contributed by atoms with Crippen molar-refractivity contribution in [1.29, 1.82) is 0 Å². The van der Waals surface area contributed by atoms with Crippen LogP contribution >= 0.6 is 0 Å². The van der Waals surface area contributed by atoms with Crippen LogP contribution in [-0.4, -0.2) is 4.57 Å². The lowest BCUT2D eigenvalue weighted by Gasteiger charge is -2.12. The summed E-state index contributed by atoms with van der Waals surface area (Å²) < 4.78 is 1.87. The number of pyridine rings is 1. The van der Waals surface area contributed by atoms with Crippen molar-refractivity contribution in [2.45, 2.75) is 19.4 Å². The number of nitrogens with zero attached hydrogens (tertiary/aromatic N) is 1. The molecule has 120 valence electrons. The third-order valence-corrected chi connectivity index (χ3v) is 4.00. The molecule has 0 saturated heterocycles. The molecule has 0 bridgehead atoms. The number of hydrogen-bond donors (Lipinski definition) is 0. The van der Waals surface area contributed by atoms with Gasteiger partial charge in [-0.1, -0.05) is 78.9 Å². The van der Waals surface area contributed by atoms with Gasteiger partial charge in [0.1, 0.15) is 0 Å². The highest BCUT2D eigenvalue weighted by atomic mass is 16.1. The first-order valence-electron chi connectivity index (χ1n) is 8.27. The van der Waals surface area contributed by atoms with Crippen LogP contribution in [0.1, 0.15) is 23.2 Å². The number of hydrogen-bond acceptors (Lipinski definition) is 1. The molecular weight excluding hydrogens is 294 g/mol. The van der Waals surface area contributed by atoms with Crippen LogP contribution in [-0.2, 0) is 13.0 Å². The largest absolute Gasteiger partial charge is 0.308 e. The van der Waals surface area contributed by atoms with Crippen LogP contribution in [0.3, 0.4) is 0 Å². The van der Waals surface area contributed by atoms with E-state index in [1.165, 1.54) is 5.56 Å². The average Bonchev–Trinajstić information content (AvgIpc) is 2.63. The Balaban J connectivity index is 1.70. The van der Waals surface area contributed by atoms with E-state index in [1.807, 2.05) is 53.1 Å². The zero-order valence-electron chi connectivity index (χ0n) is 13.6. The van der Waals surface area contributed by atoms with E-state index in [0.717, 1.165) is 24.1 Å². The highest BCUT2D eigenvalue weighted by Gasteiger charge is 2.03. The number of allylic oxidation sites excluding steroid dienone is 1. The SMILES string of the molecule is O=c1cccc(CCC=Cc2ccccc2)n1Cc1ccccc1. The Bertz CT molecular complexity index is 848. The van der Waals surface area contributed by atoms with Crippen LogP contribution < -0.4 is 5.56 Å². The summed E-state index contributed by atoms with van der Waals surface area (Å²) in [5, 5.41) is 0. The van der Waals surface area contributed by atoms with Gasteiger partial charge >= 0.3 is 0 Å². The molecule has 24 heavy (non-hydrogen) atoms. The van der Waals surface area contributed by atoms with E-state index in [9.17, 15) is 4.79 Å². The molecule has 3 aromatic rings. The smallest absolute Gasteiger partial charge is 0.251 e. The maximum absolute atomic E-state index is 12.2. The Morgan fingerprint density at radius 1 is 0.792 bits per heavy atom. The Kier molecular flexibility index (Phi) is 5.41. The second-order valence-electron chi connectivity index (χ2n) is 5.78. The summed E-state index contributed by atoms with van der Waals surface area (Å²) >= 11 is 0. The zero-order chi connectivity index (χ0) is 16.6. The highest BCUT2D eigenvalue weighted by Crippen LogP contribution is 2.08. The van der Waals surface area contributed by atoms with E-state index in [2.05, 4.69) is 36.4 Å². The third kappa shape index (κ3) is 4.32. The van der Waals surface area contributed by atoms with Gasteiger partial charge in [0.2, 0.25) is 0 Å². The topological polar surface area (TPSA) is 22.0 Å². The van der Waals surface area contributed by atoms with Gasteiger partial charge in [-0.05, 0) is 30.0 Å². The van der Waals surface area contributed by atoms with Gasteiger partial charge in [-0.25, -0.2) is 0 Å². The lowest BCUT2D eigenvalue weighted by Crippen LogP contribution is -2.23. The van der Waals surface area contributed by atoms with E-state index in [1.54, 1.807) is 6.07 Å². The lowest BCUT2D eigenvalue weighted by atomic mass is 10.1. The molecule has 1 heterocycles. The van der Waals surface area contributed by atoms with Crippen LogP contribution in [0.15, 0.2) is 89.7 Å². The van der Waals surface area contributed by atoms with Crippen LogP contribution in [0.2, 0.25) is 0 Å². The molecule has 0 aliphatic carbocycles. The van der Waals surface area contributed by atoms with Crippen molar-refractivity contribution in [2.75, 3.05) is 0 Å². The highest BCUT2D eigenvalue weighted by molar-refractivity contribution is 5.48. The predicted octanol–water partition coefficient (Wildman–Crippen LogP) is 4.54. The standard InChI is InChI=1S/C22H21NO/c24-22-17-9-16-21(23(22)18-20-13-5-2-6-14-20)15-8-7-12-19-10-3-1-4-11-19/h1-7,9-14,16-17H,8,15,18H2. The monoisotopic (exact) mass is 315 g/mol. The van der Waals surface area contributed by atoms with Gasteiger partial charge in [-0.3, -0.25) is 4.79 Å². The zero-order valence-corrected chi connectivity index (χ0v) is 13.6. The fourth-order valence-electron chi connectivity index (χ4n) is 2.74. The first-order chi connectivity index (χ1) is 11.8. The summed E-state index contributed by atoms with van der Waals surface area (Å²) in [6.07, 6.45) is 6.06. The summed E-state index contributed by atoms with van der Waals surface area (Å²) in [5.41, 5.74) is 3.48. The third-order valence-electron chi connectivity index (χ3n) is 4.00. The fraction of sp³-hybridized carbons (Fsp3) is 0.136. The molecule has 0 fully saturated rings. The van der Waals surface area contributed by atoms with E-state index < -0.39 is 0 Å². The number of benzene rings is 2. The Hall–Kier alpha value is -2.87. The van der Waals surface area contributed by atoms with Crippen molar-refractivity contribution in [3.63, 3.8) is 0 Å². The molecule has 0 radical (unpaired) electrons. The minimum Gasteiger partial charge on any atom is -0.308 e. The molecule has 0 unspecified atom stereocenters. The van der Waals surface area contributed by atoms with Crippen molar-refractivity contribution >= 4 is 6.08 Å².